The van der Waals surface area contributed by atoms with Gasteiger partial charge in [-0.05, 0) is 13.0 Å². The zero-order chi connectivity index (χ0) is 16.2. The van der Waals surface area contributed by atoms with Crippen molar-refractivity contribution in [2.75, 3.05) is 27.9 Å². The maximum Gasteiger partial charge on any atom is 0.339 e. The van der Waals surface area contributed by atoms with Crippen LogP contribution in [0.5, 0.6) is 11.5 Å². The van der Waals surface area contributed by atoms with Crippen LogP contribution in [0.3, 0.4) is 0 Å². The van der Waals surface area contributed by atoms with Crippen LogP contribution in [0.1, 0.15) is 17.3 Å². The number of methoxy groups -OCH3 is 3. The van der Waals surface area contributed by atoms with Crippen molar-refractivity contribution in [3.8, 4) is 11.5 Å². The predicted molar refractivity (Wildman–Crippen MR) is 75.0 cm³/mol. The van der Waals surface area contributed by atoms with Gasteiger partial charge < -0.3 is 19.3 Å². The average Bonchev–Trinajstić information content (AvgIpc) is 2.45. The van der Waals surface area contributed by atoms with E-state index in [1.54, 1.807) is 0 Å². The lowest BCUT2D eigenvalue weighted by Crippen LogP contribution is -2.23. The molecule has 8 heteroatoms. The summed E-state index contributed by atoms with van der Waals surface area (Å²) in [6, 6.07) is 2.30. The second-order valence-corrected chi connectivity index (χ2v) is 6.69. The van der Waals surface area contributed by atoms with Crippen molar-refractivity contribution < 1.29 is 32.5 Å². The number of carboxylic acids is 1. The molecule has 0 aromatic heterocycles. The summed E-state index contributed by atoms with van der Waals surface area (Å²) in [5.74, 6) is -1.29. The average molecular weight is 318 g/mol. The number of benzene rings is 1. The van der Waals surface area contributed by atoms with Crippen molar-refractivity contribution in [1.82, 2.24) is 0 Å². The second kappa shape index (κ2) is 6.77. The summed E-state index contributed by atoms with van der Waals surface area (Å²) in [5.41, 5.74) is -0.278. The van der Waals surface area contributed by atoms with Crippen LogP contribution in [0.15, 0.2) is 17.0 Å². The first kappa shape index (κ1) is 17.3. The Kier molecular flexibility index (Phi) is 5.56. The molecular weight excluding hydrogens is 300 g/mol. The van der Waals surface area contributed by atoms with E-state index in [0.29, 0.717) is 0 Å². The predicted octanol–water partition coefficient (Wildman–Crippen LogP) is 1.21. The highest BCUT2D eigenvalue weighted by molar-refractivity contribution is 7.92. The van der Waals surface area contributed by atoms with Crippen LogP contribution in [-0.4, -0.2) is 52.7 Å². The Morgan fingerprint density at radius 2 is 1.86 bits per heavy atom. The molecule has 0 aliphatic rings. The van der Waals surface area contributed by atoms with Gasteiger partial charge in [0.2, 0.25) is 0 Å². The maximum absolute atomic E-state index is 12.4. The van der Waals surface area contributed by atoms with E-state index in [2.05, 4.69) is 0 Å². The third kappa shape index (κ3) is 3.45. The van der Waals surface area contributed by atoms with Crippen molar-refractivity contribution in [2.45, 2.75) is 17.1 Å². The van der Waals surface area contributed by atoms with E-state index in [-0.39, 0.29) is 28.6 Å². The van der Waals surface area contributed by atoms with Gasteiger partial charge >= 0.3 is 5.97 Å². The maximum atomic E-state index is 12.4. The molecule has 7 nitrogen and oxygen atoms in total. The Balaban J connectivity index is 3.52. The van der Waals surface area contributed by atoms with Gasteiger partial charge in [-0.1, -0.05) is 0 Å². The molecular formula is C13H18O7S. The first-order valence-electron chi connectivity index (χ1n) is 6.01. The number of sulfone groups is 1. The van der Waals surface area contributed by atoms with Crippen molar-refractivity contribution in [3.63, 3.8) is 0 Å². The Morgan fingerprint density at radius 1 is 1.24 bits per heavy atom. The van der Waals surface area contributed by atoms with E-state index in [1.165, 1.54) is 34.3 Å². The third-order valence-electron chi connectivity index (χ3n) is 2.94. The van der Waals surface area contributed by atoms with Crippen molar-refractivity contribution in [1.29, 1.82) is 0 Å². The molecule has 0 heterocycles. The standard InChI is InChI=1S/C13H18O7S/c1-8(7-18-2)21(16,17)9-5-10(13(14)15)12(20-4)11(6-9)19-3/h5-6,8H,7H2,1-4H3,(H,14,15). The van der Waals surface area contributed by atoms with Crippen LogP contribution < -0.4 is 9.47 Å². The minimum atomic E-state index is -3.74. The molecule has 1 atom stereocenters. The summed E-state index contributed by atoms with van der Waals surface area (Å²) in [7, 11) is 0.241. The molecule has 0 saturated heterocycles. The van der Waals surface area contributed by atoms with Crippen LogP contribution >= 0.6 is 0 Å². The molecule has 0 aliphatic heterocycles. The smallest absolute Gasteiger partial charge is 0.339 e. The van der Waals surface area contributed by atoms with Crippen molar-refractivity contribution in [3.05, 3.63) is 17.7 Å². The van der Waals surface area contributed by atoms with Crippen molar-refractivity contribution in [2.24, 2.45) is 0 Å². The minimum absolute atomic E-state index is 0.000910. The number of hydrogen-bond donors (Lipinski definition) is 1. The van der Waals surface area contributed by atoms with Crippen LogP contribution in [0, 0.1) is 0 Å². The fourth-order valence-corrected chi connectivity index (χ4v) is 3.15. The van der Waals surface area contributed by atoms with Crippen LogP contribution in [0.4, 0.5) is 0 Å². The van der Waals surface area contributed by atoms with E-state index in [4.69, 9.17) is 14.2 Å². The number of aromatic carboxylic acids is 1. The Morgan fingerprint density at radius 3 is 2.29 bits per heavy atom. The molecule has 1 unspecified atom stereocenters. The summed E-state index contributed by atoms with van der Waals surface area (Å²) >= 11 is 0. The Bertz CT molecular complexity index is 622. The second-order valence-electron chi connectivity index (χ2n) is 4.32. The number of rotatable bonds is 7. The van der Waals surface area contributed by atoms with Crippen LogP contribution in [0.2, 0.25) is 0 Å². The van der Waals surface area contributed by atoms with E-state index in [0.717, 1.165) is 6.07 Å². The molecule has 0 bridgehead atoms. The Hall–Kier alpha value is -1.80. The highest BCUT2D eigenvalue weighted by Gasteiger charge is 2.28. The number of ether oxygens (including phenoxy) is 3. The van der Waals surface area contributed by atoms with Gasteiger partial charge in [0.25, 0.3) is 0 Å². The van der Waals surface area contributed by atoms with Crippen molar-refractivity contribution >= 4 is 15.8 Å². The van der Waals surface area contributed by atoms with Gasteiger partial charge in [-0.3, -0.25) is 0 Å². The molecule has 0 aliphatic carbocycles. The monoisotopic (exact) mass is 318 g/mol. The van der Waals surface area contributed by atoms with E-state index in [9.17, 15) is 18.3 Å². The zero-order valence-corrected chi connectivity index (χ0v) is 13.1. The van der Waals surface area contributed by atoms with Crippen LogP contribution in [-0.2, 0) is 14.6 Å². The lowest BCUT2D eigenvalue weighted by atomic mass is 10.2. The highest BCUT2D eigenvalue weighted by Crippen LogP contribution is 2.35. The first-order valence-corrected chi connectivity index (χ1v) is 7.56. The molecule has 21 heavy (non-hydrogen) atoms. The molecule has 0 saturated carbocycles. The highest BCUT2D eigenvalue weighted by atomic mass is 32.2. The molecule has 1 aromatic rings. The summed E-state index contributed by atoms with van der Waals surface area (Å²) < 4.78 is 39.6. The summed E-state index contributed by atoms with van der Waals surface area (Å²) in [6.45, 7) is 1.48. The van der Waals surface area contributed by atoms with E-state index in [1.807, 2.05) is 0 Å². The SMILES string of the molecule is COCC(C)S(=O)(=O)c1cc(OC)c(OC)c(C(=O)O)c1. The largest absolute Gasteiger partial charge is 0.493 e. The topological polar surface area (TPSA) is 99.1 Å². The zero-order valence-electron chi connectivity index (χ0n) is 12.2. The van der Waals surface area contributed by atoms with Crippen LogP contribution in [0.25, 0.3) is 0 Å². The molecule has 0 spiro atoms. The molecule has 0 amide bonds. The van der Waals surface area contributed by atoms with Gasteiger partial charge in [0, 0.05) is 13.2 Å². The fraction of sp³-hybridized carbons (Fsp3) is 0.462. The van der Waals surface area contributed by atoms with Gasteiger partial charge in [-0.25, -0.2) is 13.2 Å². The van der Waals surface area contributed by atoms with E-state index >= 15 is 0 Å². The first-order chi connectivity index (χ1) is 9.79. The van der Waals surface area contributed by atoms with Gasteiger partial charge in [0.1, 0.15) is 5.56 Å². The van der Waals surface area contributed by atoms with Gasteiger partial charge in [-0.2, -0.15) is 0 Å². The van der Waals surface area contributed by atoms with E-state index < -0.39 is 21.1 Å². The molecule has 118 valence electrons. The number of carboxylic acid groups (broad SMARTS) is 1. The molecule has 1 aromatic carbocycles. The molecule has 0 radical (unpaired) electrons. The quantitative estimate of drug-likeness (QED) is 0.806. The molecule has 1 N–H and O–H groups in total. The fourth-order valence-electron chi connectivity index (χ4n) is 1.82. The summed E-state index contributed by atoms with van der Waals surface area (Å²) in [5, 5.41) is 8.38. The molecule has 1 rings (SSSR count). The van der Waals surface area contributed by atoms with Gasteiger partial charge in [0.15, 0.2) is 21.3 Å². The Labute approximate surface area is 123 Å². The molecule has 0 fully saturated rings. The summed E-state index contributed by atoms with van der Waals surface area (Å²) in [6.07, 6.45) is 0. The lowest BCUT2D eigenvalue weighted by Gasteiger charge is -2.16. The third-order valence-corrected chi connectivity index (χ3v) is 5.03. The van der Waals surface area contributed by atoms with Gasteiger partial charge in [-0.15, -0.1) is 0 Å². The number of hydrogen-bond acceptors (Lipinski definition) is 6. The lowest BCUT2D eigenvalue weighted by molar-refractivity contribution is 0.0692. The number of carbonyl (C=O) groups is 1. The summed E-state index contributed by atoms with van der Waals surface area (Å²) in [4.78, 5) is 11.1. The minimum Gasteiger partial charge on any atom is -0.493 e. The normalized spacial score (nSPS) is 12.8. The van der Waals surface area contributed by atoms with Gasteiger partial charge in [0.05, 0.1) is 31.0 Å².